The molecule has 1 aromatic heterocycles. The van der Waals surface area contributed by atoms with E-state index in [0.717, 1.165) is 58.5 Å². The number of unbranched alkanes of at least 4 members (excludes halogenated alkanes) is 1. The van der Waals surface area contributed by atoms with E-state index in [4.69, 9.17) is 10.5 Å². The zero-order chi connectivity index (χ0) is 20.9. The van der Waals surface area contributed by atoms with E-state index in [1.54, 1.807) is 12.1 Å². The number of fused-ring (bicyclic) bond motifs is 1. The smallest absolute Gasteiger partial charge is 0.335 e. The summed E-state index contributed by atoms with van der Waals surface area (Å²) in [6.07, 6.45) is 2.68. The van der Waals surface area contributed by atoms with Gasteiger partial charge in [-0.25, -0.2) is 4.79 Å². The molecular formula is C25H24N2O3. The first-order chi connectivity index (χ1) is 14.7. The fourth-order valence-corrected chi connectivity index (χ4v) is 3.67. The molecule has 3 aromatic carbocycles. The standard InChI is InChI=1S/C25H24N2O3/c26-14-5-4-11-21-22-16-18(25(28)29)12-13-23(22)27-24(21)17-7-6-10-20(15-17)30-19-8-2-1-3-9-19/h1-3,6-10,12-13,15-16,27H,4-5,11,14,26H2,(H,28,29). The van der Waals surface area contributed by atoms with E-state index in [9.17, 15) is 9.90 Å². The summed E-state index contributed by atoms with van der Waals surface area (Å²) in [7, 11) is 0. The molecule has 0 saturated carbocycles. The van der Waals surface area contributed by atoms with Gasteiger partial charge in [0.05, 0.1) is 5.56 Å². The van der Waals surface area contributed by atoms with Crippen LogP contribution in [0, 0.1) is 0 Å². The largest absolute Gasteiger partial charge is 0.478 e. The van der Waals surface area contributed by atoms with Crippen LogP contribution in [0.5, 0.6) is 11.5 Å². The molecule has 4 N–H and O–H groups in total. The first-order valence-corrected chi connectivity index (χ1v) is 10.1. The van der Waals surface area contributed by atoms with Crippen LogP contribution in [-0.2, 0) is 6.42 Å². The lowest BCUT2D eigenvalue weighted by molar-refractivity contribution is 0.0697. The van der Waals surface area contributed by atoms with Crippen molar-refractivity contribution >= 4 is 16.9 Å². The van der Waals surface area contributed by atoms with Crippen LogP contribution in [0.1, 0.15) is 28.8 Å². The van der Waals surface area contributed by atoms with Crippen LogP contribution in [-0.4, -0.2) is 22.6 Å². The zero-order valence-electron chi connectivity index (χ0n) is 16.6. The third-order valence-corrected chi connectivity index (χ3v) is 5.14. The lowest BCUT2D eigenvalue weighted by atomic mass is 9.99. The van der Waals surface area contributed by atoms with Crippen molar-refractivity contribution in [3.8, 4) is 22.8 Å². The molecule has 0 spiro atoms. The maximum Gasteiger partial charge on any atom is 0.335 e. The summed E-state index contributed by atoms with van der Waals surface area (Å²) >= 11 is 0. The number of rotatable bonds is 8. The van der Waals surface area contributed by atoms with Crippen molar-refractivity contribution in [2.45, 2.75) is 19.3 Å². The maximum atomic E-state index is 11.5. The zero-order valence-corrected chi connectivity index (χ0v) is 16.6. The summed E-state index contributed by atoms with van der Waals surface area (Å²) in [5, 5.41) is 10.3. The Morgan fingerprint density at radius 3 is 2.50 bits per heavy atom. The molecule has 0 unspecified atom stereocenters. The van der Waals surface area contributed by atoms with Crippen LogP contribution in [0.25, 0.3) is 22.2 Å². The van der Waals surface area contributed by atoms with E-state index < -0.39 is 5.97 Å². The van der Waals surface area contributed by atoms with Gasteiger partial charge in [-0.2, -0.15) is 0 Å². The Balaban J connectivity index is 1.76. The summed E-state index contributed by atoms with van der Waals surface area (Å²) < 4.78 is 6.00. The second kappa shape index (κ2) is 8.84. The summed E-state index contributed by atoms with van der Waals surface area (Å²) in [5.74, 6) is 0.600. The molecule has 5 nitrogen and oxygen atoms in total. The molecule has 0 aliphatic rings. The number of para-hydroxylation sites is 1. The normalized spacial score (nSPS) is 11.0. The number of nitrogens with two attached hydrogens (primary N) is 1. The number of hydrogen-bond acceptors (Lipinski definition) is 3. The summed E-state index contributed by atoms with van der Waals surface area (Å²) in [6, 6.07) is 22.8. The SMILES string of the molecule is NCCCCc1c(-c2cccc(Oc3ccccc3)c2)[nH]c2ccc(C(=O)O)cc12. The number of aromatic nitrogens is 1. The molecule has 0 amide bonds. The predicted molar refractivity (Wildman–Crippen MR) is 119 cm³/mol. The number of ether oxygens (including phenoxy) is 1. The Morgan fingerprint density at radius 1 is 0.933 bits per heavy atom. The van der Waals surface area contributed by atoms with Crippen LogP contribution in [0.15, 0.2) is 72.8 Å². The van der Waals surface area contributed by atoms with Gasteiger partial charge in [0, 0.05) is 22.2 Å². The van der Waals surface area contributed by atoms with Crippen molar-refractivity contribution in [1.29, 1.82) is 0 Å². The van der Waals surface area contributed by atoms with Crippen molar-refractivity contribution in [3.05, 3.63) is 83.9 Å². The van der Waals surface area contributed by atoms with E-state index in [1.807, 2.05) is 60.7 Å². The van der Waals surface area contributed by atoms with Crippen LogP contribution >= 0.6 is 0 Å². The molecule has 152 valence electrons. The molecular weight excluding hydrogens is 376 g/mol. The Kier molecular flexibility index (Phi) is 5.82. The highest BCUT2D eigenvalue weighted by Crippen LogP contribution is 2.34. The van der Waals surface area contributed by atoms with Crippen molar-refractivity contribution in [3.63, 3.8) is 0 Å². The molecule has 1 heterocycles. The molecule has 0 bridgehead atoms. The minimum absolute atomic E-state index is 0.286. The van der Waals surface area contributed by atoms with Gasteiger partial charge in [0.25, 0.3) is 0 Å². The van der Waals surface area contributed by atoms with Crippen molar-refractivity contribution in [1.82, 2.24) is 4.98 Å². The molecule has 4 rings (SSSR count). The van der Waals surface area contributed by atoms with E-state index >= 15 is 0 Å². The van der Waals surface area contributed by atoms with Gasteiger partial charge in [-0.3, -0.25) is 0 Å². The van der Waals surface area contributed by atoms with Crippen molar-refractivity contribution in [2.75, 3.05) is 6.54 Å². The summed E-state index contributed by atoms with van der Waals surface area (Å²) in [4.78, 5) is 15.0. The number of aromatic amines is 1. The first kappa shape index (κ1) is 19.7. The van der Waals surface area contributed by atoms with E-state index in [2.05, 4.69) is 4.98 Å². The molecule has 0 radical (unpaired) electrons. The predicted octanol–water partition coefficient (Wildman–Crippen LogP) is 5.61. The van der Waals surface area contributed by atoms with Crippen LogP contribution in [0.4, 0.5) is 0 Å². The molecule has 0 saturated heterocycles. The highest BCUT2D eigenvalue weighted by atomic mass is 16.5. The number of aryl methyl sites for hydroxylation is 1. The van der Waals surface area contributed by atoms with Gasteiger partial charge in [-0.1, -0.05) is 30.3 Å². The van der Waals surface area contributed by atoms with Crippen molar-refractivity contribution < 1.29 is 14.6 Å². The van der Waals surface area contributed by atoms with E-state index in [1.165, 1.54) is 0 Å². The number of benzene rings is 3. The van der Waals surface area contributed by atoms with Gasteiger partial charge in [-0.15, -0.1) is 0 Å². The van der Waals surface area contributed by atoms with Gasteiger partial charge < -0.3 is 20.6 Å². The fraction of sp³-hybridized carbons (Fsp3) is 0.160. The number of H-pyrrole nitrogens is 1. The average molecular weight is 400 g/mol. The first-order valence-electron chi connectivity index (χ1n) is 10.1. The number of nitrogens with one attached hydrogen (secondary N) is 1. The molecule has 0 aliphatic heterocycles. The van der Waals surface area contributed by atoms with Gasteiger partial charge in [0.2, 0.25) is 0 Å². The van der Waals surface area contributed by atoms with Crippen LogP contribution in [0.3, 0.4) is 0 Å². The minimum atomic E-state index is -0.925. The molecule has 5 heteroatoms. The second-order valence-electron chi connectivity index (χ2n) is 7.23. The van der Waals surface area contributed by atoms with Crippen molar-refractivity contribution in [2.24, 2.45) is 5.73 Å². The quantitative estimate of drug-likeness (QED) is 0.336. The minimum Gasteiger partial charge on any atom is -0.478 e. The Morgan fingerprint density at radius 2 is 1.73 bits per heavy atom. The number of carbonyl (C=O) groups is 1. The molecule has 0 fully saturated rings. The van der Waals surface area contributed by atoms with E-state index in [0.29, 0.717) is 6.54 Å². The second-order valence-corrected chi connectivity index (χ2v) is 7.23. The van der Waals surface area contributed by atoms with E-state index in [-0.39, 0.29) is 5.56 Å². The molecule has 4 aromatic rings. The monoisotopic (exact) mass is 400 g/mol. The highest BCUT2D eigenvalue weighted by Gasteiger charge is 2.15. The molecule has 0 atom stereocenters. The fourth-order valence-electron chi connectivity index (χ4n) is 3.67. The lowest BCUT2D eigenvalue weighted by Gasteiger charge is -2.09. The van der Waals surface area contributed by atoms with Gasteiger partial charge in [0.1, 0.15) is 11.5 Å². The Labute approximate surface area is 175 Å². The number of carboxylic acid groups (broad SMARTS) is 1. The van der Waals surface area contributed by atoms with Gasteiger partial charge in [-0.05, 0) is 73.8 Å². The Bertz CT molecular complexity index is 1170. The third kappa shape index (κ3) is 4.21. The molecule has 30 heavy (non-hydrogen) atoms. The highest BCUT2D eigenvalue weighted by molar-refractivity contribution is 5.97. The lowest BCUT2D eigenvalue weighted by Crippen LogP contribution is -1.99. The number of carboxylic acids is 1. The average Bonchev–Trinajstić information content (AvgIpc) is 3.13. The third-order valence-electron chi connectivity index (χ3n) is 5.14. The van der Waals surface area contributed by atoms with Crippen LogP contribution < -0.4 is 10.5 Å². The number of aromatic carboxylic acids is 1. The maximum absolute atomic E-state index is 11.5. The molecule has 0 aliphatic carbocycles. The summed E-state index contributed by atoms with van der Waals surface area (Å²) in [5.41, 5.74) is 9.99. The van der Waals surface area contributed by atoms with Crippen LogP contribution in [0.2, 0.25) is 0 Å². The topological polar surface area (TPSA) is 88.3 Å². The number of hydrogen-bond donors (Lipinski definition) is 3. The summed E-state index contributed by atoms with van der Waals surface area (Å²) in [6.45, 7) is 0.637. The van der Waals surface area contributed by atoms with Gasteiger partial charge >= 0.3 is 5.97 Å². The Hall–Kier alpha value is -3.57. The van der Waals surface area contributed by atoms with Gasteiger partial charge in [0.15, 0.2) is 0 Å².